The van der Waals surface area contributed by atoms with Crippen LogP contribution in [0.15, 0.2) is 18.3 Å². The summed E-state index contributed by atoms with van der Waals surface area (Å²) >= 11 is 0. The van der Waals surface area contributed by atoms with Gasteiger partial charge in [0.15, 0.2) is 0 Å². The van der Waals surface area contributed by atoms with Crippen molar-refractivity contribution in [3.8, 4) is 0 Å². The second-order valence-corrected chi connectivity index (χ2v) is 5.64. The lowest BCUT2D eigenvalue weighted by Gasteiger charge is -2.24. The van der Waals surface area contributed by atoms with Gasteiger partial charge in [-0.1, -0.05) is 25.8 Å². The molecule has 1 aromatic rings. The lowest BCUT2D eigenvalue weighted by Crippen LogP contribution is -2.37. The summed E-state index contributed by atoms with van der Waals surface area (Å²) in [5, 5.41) is 3.73. The Morgan fingerprint density at radius 2 is 2.11 bits per heavy atom. The van der Waals surface area contributed by atoms with Crippen LogP contribution in [0.3, 0.4) is 0 Å². The van der Waals surface area contributed by atoms with E-state index in [1.165, 1.54) is 43.4 Å². The van der Waals surface area contributed by atoms with E-state index in [1.807, 2.05) is 6.20 Å². The molecule has 0 saturated heterocycles. The van der Waals surface area contributed by atoms with Crippen molar-refractivity contribution in [1.29, 1.82) is 0 Å². The van der Waals surface area contributed by atoms with Crippen LogP contribution < -0.4 is 5.32 Å². The Kier molecular flexibility index (Phi) is 5.18. The number of pyridine rings is 1. The summed E-state index contributed by atoms with van der Waals surface area (Å²) in [6.07, 6.45) is 9.91. The molecule has 1 N–H and O–H groups in total. The van der Waals surface area contributed by atoms with Gasteiger partial charge >= 0.3 is 0 Å². The summed E-state index contributed by atoms with van der Waals surface area (Å²) in [5.41, 5.74) is 2.48. The van der Waals surface area contributed by atoms with Crippen molar-refractivity contribution in [2.45, 2.75) is 58.4 Å². The molecule has 0 amide bonds. The second kappa shape index (κ2) is 6.89. The molecule has 0 radical (unpaired) electrons. The summed E-state index contributed by atoms with van der Waals surface area (Å²) in [6, 6.07) is 4.99. The highest BCUT2D eigenvalue weighted by Gasteiger charge is 2.24. The molecule has 1 atom stereocenters. The van der Waals surface area contributed by atoms with E-state index in [4.69, 9.17) is 0 Å². The van der Waals surface area contributed by atoms with Gasteiger partial charge in [0, 0.05) is 24.4 Å². The van der Waals surface area contributed by atoms with Gasteiger partial charge < -0.3 is 5.32 Å². The quantitative estimate of drug-likeness (QED) is 0.831. The fraction of sp³-hybridized carbons (Fsp3) is 0.688. The van der Waals surface area contributed by atoms with Crippen molar-refractivity contribution < 1.29 is 0 Å². The first kappa shape index (κ1) is 13.5. The minimum Gasteiger partial charge on any atom is -0.313 e. The number of nitrogens with one attached hydrogen (secondary N) is 1. The first-order valence-electron chi connectivity index (χ1n) is 7.44. The van der Waals surface area contributed by atoms with Crippen molar-refractivity contribution in [2.24, 2.45) is 5.92 Å². The summed E-state index contributed by atoms with van der Waals surface area (Å²) in [5.74, 6) is 0.861. The molecule has 2 nitrogen and oxygen atoms in total. The summed E-state index contributed by atoms with van der Waals surface area (Å²) in [6.45, 7) is 5.47. The molecule has 2 rings (SSSR count). The maximum absolute atomic E-state index is 4.56. The summed E-state index contributed by atoms with van der Waals surface area (Å²) < 4.78 is 0. The van der Waals surface area contributed by atoms with E-state index >= 15 is 0 Å². The van der Waals surface area contributed by atoms with Gasteiger partial charge in [-0.05, 0) is 50.3 Å². The van der Waals surface area contributed by atoms with Gasteiger partial charge in [0.25, 0.3) is 0 Å². The van der Waals surface area contributed by atoms with Crippen molar-refractivity contribution in [3.63, 3.8) is 0 Å². The zero-order valence-corrected chi connectivity index (χ0v) is 11.8. The van der Waals surface area contributed by atoms with E-state index in [1.54, 1.807) is 0 Å². The minimum absolute atomic E-state index is 0.627. The lowest BCUT2D eigenvalue weighted by molar-refractivity contribution is 0.354. The molecule has 1 saturated carbocycles. The molecule has 0 spiro atoms. The molecule has 1 fully saturated rings. The number of rotatable bonds is 6. The predicted molar refractivity (Wildman–Crippen MR) is 76.7 cm³/mol. The number of aromatic nitrogens is 1. The Hall–Kier alpha value is -0.890. The average molecular weight is 246 g/mol. The predicted octanol–water partition coefficient (Wildman–Crippen LogP) is 3.49. The van der Waals surface area contributed by atoms with Crippen LogP contribution in [0.2, 0.25) is 0 Å². The van der Waals surface area contributed by atoms with Crippen LogP contribution in [0.4, 0.5) is 0 Å². The fourth-order valence-corrected chi connectivity index (χ4v) is 2.94. The molecule has 1 aliphatic rings. The van der Waals surface area contributed by atoms with Crippen LogP contribution in [-0.2, 0) is 6.42 Å². The van der Waals surface area contributed by atoms with Gasteiger partial charge in [-0.25, -0.2) is 0 Å². The fourth-order valence-electron chi connectivity index (χ4n) is 2.94. The van der Waals surface area contributed by atoms with Gasteiger partial charge in [0.1, 0.15) is 0 Å². The van der Waals surface area contributed by atoms with Crippen molar-refractivity contribution >= 4 is 0 Å². The minimum atomic E-state index is 0.627. The molecule has 2 heteroatoms. The van der Waals surface area contributed by atoms with Gasteiger partial charge in [-0.2, -0.15) is 0 Å². The van der Waals surface area contributed by atoms with Crippen molar-refractivity contribution in [2.75, 3.05) is 6.54 Å². The van der Waals surface area contributed by atoms with E-state index in [2.05, 4.69) is 36.3 Å². The van der Waals surface area contributed by atoms with Crippen LogP contribution in [-0.4, -0.2) is 17.6 Å². The summed E-state index contributed by atoms with van der Waals surface area (Å²) in [4.78, 5) is 4.56. The van der Waals surface area contributed by atoms with Crippen LogP contribution in [0.5, 0.6) is 0 Å². The molecule has 1 aliphatic carbocycles. The van der Waals surface area contributed by atoms with Crippen LogP contribution in [0, 0.1) is 12.8 Å². The number of hydrogen-bond donors (Lipinski definition) is 1. The Bertz CT molecular complexity index is 339. The zero-order chi connectivity index (χ0) is 12.8. The second-order valence-electron chi connectivity index (χ2n) is 5.64. The molecule has 0 aromatic carbocycles. The lowest BCUT2D eigenvalue weighted by atomic mass is 9.93. The SMILES string of the molecule is CCCNC(Cc1ccc(C)cn1)C1CCCC1. The number of aryl methyl sites for hydroxylation is 1. The molecule has 0 bridgehead atoms. The van der Waals surface area contributed by atoms with Crippen molar-refractivity contribution in [1.82, 2.24) is 10.3 Å². The van der Waals surface area contributed by atoms with Gasteiger partial charge in [0.2, 0.25) is 0 Å². The van der Waals surface area contributed by atoms with Crippen LogP contribution in [0.1, 0.15) is 50.3 Å². The third kappa shape index (κ3) is 3.81. The van der Waals surface area contributed by atoms with Gasteiger partial charge in [-0.3, -0.25) is 4.98 Å². The molecule has 100 valence electrons. The first-order valence-corrected chi connectivity index (χ1v) is 7.44. The van der Waals surface area contributed by atoms with E-state index < -0.39 is 0 Å². The maximum Gasteiger partial charge on any atom is 0.0419 e. The zero-order valence-electron chi connectivity index (χ0n) is 11.8. The Labute approximate surface area is 111 Å². The Morgan fingerprint density at radius 1 is 1.33 bits per heavy atom. The molecule has 1 heterocycles. The first-order chi connectivity index (χ1) is 8.79. The molecule has 0 aliphatic heterocycles. The largest absolute Gasteiger partial charge is 0.313 e. The monoisotopic (exact) mass is 246 g/mol. The Morgan fingerprint density at radius 3 is 2.72 bits per heavy atom. The third-order valence-corrected chi connectivity index (χ3v) is 4.03. The topological polar surface area (TPSA) is 24.9 Å². The normalized spacial score (nSPS) is 18.1. The van der Waals surface area contributed by atoms with E-state index in [9.17, 15) is 0 Å². The standard InChI is InChI=1S/C16H26N2/c1-3-10-17-16(14-6-4-5-7-14)11-15-9-8-13(2)12-18-15/h8-9,12,14,16-17H,3-7,10-11H2,1-2H3. The molecular weight excluding hydrogens is 220 g/mol. The maximum atomic E-state index is 4.56. The number of hydrogen-bond acceptors (Lipinski definition) is 2. The van der Waals surface area contributed by atoms with Gasteiger partial charge in [-0.15, -0.1) is 0 Å². The van der Waals surface area contributed by atoms with E-state index in [-0.39, 0.29) is 0 Å². The molecule has 1 unspecified atom stereocenters. The van der Waals surface area contributed by atoms with Crippen LogP contribution in [0.25, 0.3) is 0 Å². The third-order valence-electron chi connectivity index (χ3n) is 4.03. The van der Waals surface area contributed by atoms with Gasteiger partial charge in [0.05, 0.1) is 0 Å². The van der Waals surface area contributed by atoms with E-state index in [0.29, 0.717) is 6.04 Å². The highest BCUT2D eigenvalue weighted by atomic mass is 14.9. The Balaban J connectivity index is 1.97. The average Bonchev–Trinajstić information content (AvgIpc) is 2.90. The van der Waals surface area contributed by atoms with E-state index in [0.717, 1.165) is 18.9 Å². The molecular formula is C16H26N2. The highest BCUT2D eigenvalue weighted by Crippen LogP contribution is 2.29. The van der Waals surface area contributed by atoms with Crippen LogP contribution >= 0.6 is 0 Å². The highest BCUT2D eigenvalue weighted by molar-refractivity contribution is 5.13. The smallest absolute Gasteiger partial charge is 0.0419 e. The summed E-state index contributed by atoms with van der Waals surface area (Å²) in [7, 11) is 0. The molecule has 18 heavy (non-hydrogen) atoms. The van der Waals surface area contributed by atoms with Crippen molar-refractivity contribution in [3.05, 3.63) is 29.6 Å². The molecule has 1 aromatic heterocycles. The number of nitrogens with zero attached hydrogens (tertiary/aromatic N) is 1.